The molecule has 0 saturated carbocycles. The van der Waals surface area contributed by atoms with Gasteiger partial charge in [0.15, 0.2) is 0 Å². The van der Waals surface area contributed by atoms with Crippen molar-refractivity contribution < 1.29 is 28.7 Å². The van der Waals surface area contributed by atoms with Gasteiger partial charge in [0.2, 0.25) is 5.91 Å². The molecule has 0 aliphatic carbocycles. The molecule has 1 aliphatic rings. The Labute approximate surface area is 232 Å². The number of imide groups is 1. The number of carbonyl (C=O) groups excluding carboxylic acids is 4. The molecule has 1 N–H and O–H groups in total. The lowest BCUT2D eigenvalue weighted by Crippen LogP contribution is -2.36. The Bertz CT molecular complexity index is 1220. The van der Waals surface area contributed by atoms with Crippen LogP contribution in [-0.4, -0.2) is 48.2 Å². The third-order valence-electron chi connectivity index (χ3n) is 4.45. The SMILES string of the molecule is CCOC(=O)c1cc(NC(=O)CN2C(=O)S/C(=C/c3cc(I)cc(I)c3OC)C2=O)ccc1Cl. The summed E-state index contributed by atoms with van der Waals surface area (Å²) in [7, 11) is 1.53. The van der Waals surface area contributed by atoms with Crippen LogP contribution in [0.4, 0.5) is 10.5 Å². The number of rotatable bonds is 7. The van der Waals surface area contributed by atoms with Crippen molar-refractivity contribution in [1.29, 1.82) is 0 Å². The highest BCUT2D eigenvalue weighted by Crippen LogP contribution is 2.36. The van der Waals surface area contributed by atoms with Crippen LogP contribution in [0.2, 0.25) is 5.02 Å². The van der Waals surface area contributed by atoms with Gasteiger partial charge >= 0.3 is 5.97 Å². The number of nitrogens with one attached hydrogen (secondary N) is 1. The van der Waals surface area contributed by atoms with E-state index in [0.717, 1.165) is 23.8 Å². The molecule has 1 fully saturated rings. The topological polar surface area (TPSA) is 102 Å². The van der Waals surface area contributed by atoms with Gasteiger partial charge in [-0.15, -0.1) is 0 Å². The summed E-state index contributed by atoms with van der Waals surface area (Å²) in [5, 5.41) is 2.18. The maximum Gasteiger partial charge on any atom is 0.339 e. The number of anilines is 1. The molecule has 2 aromatic rings. The fraction of sp³-hybridized carbons (Fsp3) is 0.182. The maximum atomic E-state index is 12.9. The van der Waals surface area contributed by atoms with Crippen LogP contribution in [0.5, 0.6) is 5.75 Å². The number of hydrogen-bond acceptors (Lipinski definition) is 7. The molecule has 1 aliphatic heterocycles. The predicted octanol–water partition coefficient (Wildman–Crippen LogP) is 5.41. The van der Waals surface area contributed by atoms with Crippen molar-refractivity contribution in [3.8, 4) is 5.75 Å². The van der Waals surface area contributed by atoms with Crippen molar-refractivity contribution in [2.75, 3.05) is 25.6 Å². The van der Waals surface area contributed by atoms with Gasteiger partial charge in [-0.25, -0.2) is 4.79 Å². The second kappa shape index (κ2) is 11.7. The van der Waals surface area contributed by atoms with E-state index in [1.54, 1.807) is 13.0 Å². The molecule has 34 heavy (non-hydrogen) atoms. The minimum atomic E-state index is -0.625. The van der Waals surface area contributed by atoms with E-state index in [2.05, 4.69) is 50.5 Å². The van der Waals surface area contributed by atoms with Crippen LogP contribution in [-0.2, 0) is 14.3 Å². The van der Waals surface area contributed by atoms with Crippen molar-refractivity contribution in [1.82, 2.24) is 4.90 Å². The van der Waals surface area contributed by atoms with Gasteiger partial charge in [-0.05, 0) is 100 Å². The summed E-state index contributed by atoms with van der Waals surface area (Å²) < 4.78 is 12.2. The molecule has 0 bridgehead atoms. The zero-order valence-corrected chi connectivity index (χ0v) is 23.7. The molecule has 0 atom stereocenters. The van der Waals surface area contributed by atoms with E-state index in [1.807, 2.05) is 12.1 Å². The number of nitrogens with zero attached hydrogens (tertiary/aromatic N) is 1. The Balaban J connectivity index is 1.75. The van der Waals surface area contributed by atoms with Gasteiger partial charge in [-0.1, -0.05) is 11.6 Å². The summed E-state index contributed by atoms with van der Waals surface area (Å²) >= 11 is 11.1. The van der Waals surface area contributed by atoms with Crippen molar-refractivity contribution in [3.05, 3.63) is 58.5 Å². The van der Waals surface area contributed by atoms with E-state index in [4.69, 9.17) is 21.1 Å². The number of ether oxygens (including phenoxy) is 2. The number of benzene rings is 2. The second-order valence-electron chi connectivity index (χ2n) is 6.74. The average molecular weight is 727 g/mol. The molecule has 0 spiro atoms. The van der Waals surface area contributed by atoms with Gasteiger partial charge in [-0.3, -0.25) is 19.3 Å². The van der Waals surface area contributed by atoms with Crippen LogP contribution >= 0.6 is 68.5 Å². The van der Waals surface area contributed by atoms with Crippen LogP contribution in [0, 0.1) is 7.14 Å². The molecule has 2 aromatic carbocycles. The van der Waals surface area contributed by atoms with Crippen LogP contribution in [0.15, 0.2) is 35.2 Å². The third-order valence-corrected chi connectivity index (χ3v) is 7.11. The monoisotopic (exact) mass is 726 g/mol. The third kappa shape index (κ3) is 6.23. The molecule has 178 valence electrons. The standard InChI is InChI=1S/C22H17ClI2N2O6S/c1-3-33-21(30)14-9-13(4-5-15(14)23)26-18(28)10-27-20(29)17(34-22(27)31)7-11-6-12(24)8-16(25)19(11)32-2/h4-9H,3,10H2,1-2H3,(H,26,28)/b17-7+. The predicted molar refractivity (Wildman–Crippen MR) is 147 cm³/mol. The van der Waals surface area contributed by atoms with Crippen molar-refractivity contribution >= 4 is 103 Å². The number of amides is 3. The first-order valence-electron chi connectivity index (χ1n) is 9.69. The largest absolute Gasteiger partial charge is 0.495 e. The lowest BCUT2D eigenvalue weighted by molar-refractivity contribution is -0.127. The molecule has 1 saturated heterocycles. The van der Waals surface area contributed by atoms with E-state index < -0.39 is 29.6 Å². The van der Waals surface area contributed by atoms with E-state index in [-0.39, 0.29) is 27.8 Å². The first-order valence-corrected chi connectivity index (χ1v) is 13.0. The maximum absolute atomic E-state index is 12.9. The molecular weight excluding hydrogens is 710 g/mol. The average Bonchev–Trinajstić information content (AvgIpc) is 3.02. The van der Waals surface area contributed by atoms with Gasteiger partial charge in [0.25, 0.3) is 11.1 Å². The Morgan fingerprint density at radius 3 is 2.62 bits per heavy atom. The van der Waals surface area contributed by atoms with Crippen LogP contribution < -0.4 is 10.1 Å². The van der Waals surface area contributed by atoms with Gasteiger partial charge in [0.1, 0.15) is 12.3 Å². The molecule has 8 nitrogen and oxygen atoms in total. The zero-order valence-electron chi connectivity index (χ0n) is 17.8. The smallest absolute Gasteiger partial charge is 0.339 e. The zero-order chi connectivity index (χ0) is 25.0. The van der Waals surface area contributed by atoms with Gasteiger partial charge in [0, 0.05) is 14.8 Å². The first-order chi connectivity index (χ1) is 16.1. The molecule has 3 amide bonds. The fourth-order valence-electron chi connectivity index (χ4n) is 2.99. The highest BCUT2D eigenvalue weighted by molar-refractivity contribution is 14.1. The molecular formula is C22H17ClI2N2O6S. The van der Waals surface area contributed by atoms with Crippen LogP contribution in [0.1, 0.15) is 22.8 Å². The lowest BCUT2D eigenvalue weighted by atomic mass is 10.2. The number of thioether (sulfide) groups is 1. The summed E-state index contributed by atoms with van der Waals surface area (Å²) in [6.07, 6.45) is 1.58. The Hall–Kier alpha value is -1.84. The number of esters is 1. The molecule has 12 heteroatoms. The second-order valence-corrected chi connectivity index (χ2v) is 10.5. The fourth-order valence-corrected chi connectivity index (χ4v) is 6.13. The molecule has 0 unspecified atom stereocenters. The van der Waals surface area contributed by atoms with E-state index in [9.17, 15) is 19.2 Å². The Morgan fingerprint density at radius 1 is 1.21 bits per heavy atom. The van der Waals surface area contributed by atoms with E-state index in [0.29, 0.717) is 11.3 Å². The van der Waals surface area contributed by atoms with Crippen molar-refractivity contribution in [3.63, 3.8) is 0 Å². The van der Waals surface area contributed by atoms with Crippen LogP contribution in [0.3, 0.4) is 0 Å². The van der Waals surface area contributed by atoms with Gasteiger partial charge in [-0.2, -0.15) is 0 Å². The normalized spacial score (nSPS) is 14.5. The molecule has 0 radical (unpaired) electrons. The quantitative estimate of drug-likeness (QED) is 0.232. The minimum Gasteiger partial charge on any atom is -0.495 e. The summed E-state index contributed by atoms with van der Waals surface area (Å²) in [6.45, 7) is 1.35. The summed E-state index contributed by atoms with van der Waals surface area (Å²) in [6, 6.07) is 8.09. The minimum absolute atomic E-state index is 0.0940. The lowest BCUT2D eigenvalue weighted by Gasteiger charge is -2.13. The van der Waals surface area contributed by atoms with Crippen LogP contribution in [0.25, 0.3) is 6.08 Å². The van der Waals surface area contributed by atoms with Crippen molar-refractivity contribution in [2.45, 2.75) is 6.92 Å². The first kappa shape index (κ1) is 26.8. The highest BCUT2D eigenvalue weighted by Gasteiger charge is 2.36. The summed E-state index contributed by atoms with van der Waals surface area (Å²) in [5.74, 6) is -1.22. The van der Waals surface area contributed by atoms with E-state index >= 15 is 0 Å². The Kier molecular flexibility index (Phi) is 9.23. The summed E-state index contributed by atoms with van der Waals surface area (Å²) in [4.78, 5) is 50.9. The number of carbonyl (C=O) groups is 4. The highest BCUT2D eigenvalue weighted by atomic mass is 127. The summed E-state index contributed by atoms with van der Waals surface area (Å²) in [5.41, 5.74) is 1.02. The van der Waals surface area contributed by atoms with Gasteiger partial charge < -0.3 is 14.8 Å². The number of hydrogen-bond donors (Lipinski definition) is 1. The van der Waals surface area contributed by atoms with E-state index in [1.165, 1.54) is 25.3 Å². The van der Waals surface area contributed by atoms with Crippen molar-refractivity contribution in [2.24, 2.45) is 0 Å². The molecule has 3 rings (SSSR count). The molecule has 0 aromatic heterocycles. The number of halogens is 3. The molecule has 1 heterocycles. The van der Waals surface area contributed by atoms with Gasteiger partial charge in [0.05, 0.1) is 32.8 Å². The Morgan fingerprint density at radius 2 is 1.94 bits per heavy atom. The number of methoxy groups -OCH3 is 1.